The van der Waals surface area contributed by atoms with E-state index >= 15 is 0 Å². The predicted molar refractivity (Wildman–Crippen MR) is 152 cm³/mol. The number of aliphatic hydroxyl groups excluding tert-OH is 1. The number of halogens is 3. The maximum Gasteiger partial charge on any atom is 0.238 e. The third-order valence-electron chi connectivity index (χ3n) is 7.70. The fourth-order valence-electron chi connectivity index (χ4n) is 5.68. The molecule has 0 aromatic heterocycles. The van der Waals surface area contributed by atoms with Crippen LogP contribution in [0.15, 0.2) is 59.1 Å². The number of carbonyl (C=O) groups is 2. The van der Waals surface area contributed by atoms with Gasteiger partial charge in [-0.05, 0) is 66.1 Å². The van der Waals surface area contributed by atoms with Crippen molar-refractivity contribution in [1.29, 1.82) is 0 Å². The molecule has 3 unspecified atom stereocenters. The van der Waals surface area contributed by atoms with Crippen LogP contribution in [0.25, 0.3) is 0 Å². The second-order valence-electron chi connectivity index (χ2n) is 11.1. The molecule has 3 aromatic rings. The predicted octanol–water partition coefficient (Wildman–Crippen LogP) is 6.18. The number of aryl methyl sites for hydroxylation is 1. The number of piperidine rings is 1. The molecule has 2 heterocycles. The Bertz CT molecular complexity index is 1480. The van der Waals surface area contributed by atoms with Gasteiger partial charge >= 0.3 is 0 Å². The average Bonchev–Trinajstić information content (AvgIpc) is 3.17. The first kappa shape index (κ1) is 27.6. The van der Waals surface area contributed by atoms with Crippen molar-refractivity contribution in [3.05, 3.63) is 92.2 Å². The first-order chi connectivity index (χ1) is 18.5. The highest BCUT2D eigenvalue weighted by Crippen LogP contribution is 2.59. The SMILES string of the molecule is Cc1ccc(F)cc1C1NC(=O)CC(c2cc(Br)ccc2OCC(C)(C)CO)C12C(=O)Nc1cc(Cl)ccc12. The first-order valence-corrected chi connectivity index (χ1v) is 13.8. The van der Waals surface area contributed by atoms with Crippen LogP contribution >= 0.6 is 27.5 Å². The van der Waals surface area contributed by atoms with Gasteiger partial charge in [0, 0.05) is 38.5 Å². The quantitative estimate of drug-likeness (QED) is 0.309. The minimum atomic E-state index is -1.34. The van der Waals surface area contributed by atoms with E-state index in [1.807, 2.05) is 32.9 Å². The van der Waals surface area contributed by atoms with Gasteiger partial charge in [0.05, 0.1) is 19.3 Å². The summed E-state index contributed by atoms with van der Waals surface area (Å²) >= 11 is 9.85. The summed E-state index contributed by atoms with van der Waals surface area (Å²) < 4.78 is 21.6. The van der Waals surface area contributed by atoms with Gasteiger partial charge in [-0.15, -0.1) is 0 Å². The van der Waals surface area contributed by atoms with Gasteiger partial charge < -0.3 is 20.5 Å². The van der Waals surface area contributed by atoms with E-state index in [1.165, 1.54) is 12.1 Å². The normalized spacial score (nSPS) is 22.4. The van der Waals surface area contributed by atoms with Gasteiger partial charge in [-0.25, -0.2) is 4.39 Å². The maximum atomic E-state index is 14.6. The molecule has 1 saturated heterocycles. The molecule has 0 saturated carbocycles. The van der Waals surface area contributed by atoms with Gasteiger partial charge in [0.1, 0.15) is 17.0 Å². The lowest BCUT2D eigenvalue weighted by molar-refractivity contribution is -0.131. The van der Waals surface area contributed by atoms with Crippen molar-refractivity contribution in [2.24, 2.45) is 5.41 Å². The molecule has 0 radical (unpaired) electrons. The number of anilines is 1. The van der Waals surface area contributed by atoms with Gasteiger partial charge in [-0.2, -0.15) is 0 Å². The van der Waals surface area contributed by atoms with Crippen molar-refractivity contribution in [1.82, 2.24) is 5.32 Å². The Kier molecular flexibility index (Phi) is 7.24. The smallest absolute Gasteiger partial charge is 0.238 e. The molecular formula is C30H29BrClFN2O4. The van der Waals surface area contributed by atoms with Gasteiger partial charge in [-0.1, -0.05) is 53.5 Å². The van der Waals surface area contributed by atoms with Crippen LogP contribution < -0.4 is 15.4 Å². The molecule has 5 rings (SSSR count). The van der Waals surface area contributed by atoms with Crippen molar-refractivity contribution in [3.8, 4) is 5.75 Å². The molecule has 3 aromatic carbocycles. The van der Waals surface area contributed by atoms with Crippen LogP contribution in [-0.4, -0.2) is 30.1 Å². The zero-order valence-electron chi connectivity index (χ0n) is 21.8. The van der Waals surface area contributed by atoms with E-state index in [4.69, 9.17) is 16.3 Å². The Morgan fingerprint density at radius 3 is 2.64 bits per heavy atom. The van der Waals surface area contributed by atoms with Crippen LogP contribution in [0, 0.1) is 18.2 Å². The summed E-state index contributed by atoms with van der Waals surface area (Å²) in [6.45, 7) is 5.74. The lowest BCUT2D eigenvalue weighted by Gasteiger charge is -2.47. The van der Waals surface area contributed by atoms with E-state index in [0.29, 0.717) is 33.1 Å². The molecular weight excluding hydrogens is 587 g/mol. The number of benzene rings is 3. The van der Waals surface area contributed by atoms with Gasteiger partial charge in [-0.3, -0.25) is 9.59 Å². The maximum absolute atomic E-state index is 14.6. The molecule has 3 atom stereocenters. The second kappa shape index (κ2) is 10.2. The number of hydrogen-bond acceptors (Lipinski definition) is 4. The topological polar surface area (TPSA) is 87.7 Å². The monoisotopic (exact) mass is 614 g/mol. The summed E-state index contributed by atoms with van der Waals surface area (Å²) in [6.07, 6.45) is -0.00342. The zero-order chi connectivity index (χ0) is 28.1. The van der Waals surface area contributed by atoms with E-state index in [9.17, 15) is 19.1 Å². The molecule has 0 aliphatic carbocycles. The lowest BCUT2D eigenvalue weighted by Crippen LogP contribution is -2.57. The molecule has 3 N–H and O–H groups in total. The standard InChI is InChI=1S/C30H29BrClFN2O4/c1-16-4-7-19(33)12-20(16)27-30(22-8-6-18(32)11-24(22)34-28(30)38)23(13-26(37)35-27)21-10-17(31)5-9-25(21)39-15-29(2,3)14-36/h4-12,23,27,36H,13-15H2,1-3H3,(H,34,38)(H,35,37). The van der Waals surface area contributed by atoms with Crippen molar-refractivity contribution in [2.45, 2.75) is 44.6 Å². The van der Waals surface area contributed by atoms with Crippen LogP contribution in [0.3, 0.4) is 0 Å². The number of ether oxygens (including phenoxy) is 1. The third-order valence-corrected chi connectivity index (χ3v) is 8.43. The Hall–Kier alpha value is -2.94. The number of hydrogen-bond donors (Lipinski definition) is 3. The molecule has 0 bridgehead atoms. The molecule has 2 aliphatic rings. The van der Waals surface area contributed by atoms with Crippen LogP contribution in [0.2, 0.25) is 5.02 Å². The zero-order valence-corrected chi connectivity index (χ0v) is 24.1. The lowest BCUT2D eigenvalue weighted by atomic mass is 9.59. The first-order valence-electron chi connectivity index (χ1n) is 12.7. The van der Waals surface area contributed by atoms with Crippen molar-refractivity contribution < 1.29 is 23.8 Å². The van der Waals surface area contributed by atoms with E-state index in [2.05, 4.69) is 26.6 Å². The van der Waals surface area contributed by atoms with Gasteiger partial charge in [0.15, 0.2) is 0 Å². The van der Waals surface area contributed by atoms with Gasteiger partial charge in [0.25, 0.3) is 0 Å². The molecule has 204 valence electrons. The van der Waals surface area contributed by atoms with E-state index in [0.717, 1.165) is 10.0 Å². The number of nitrogens with one attached hydrogen (secondary N) is 2. The Morgan fingerprint density at radius 1 is 1.13 bits per heavy atom. The number of amides is 2. The van der Waals surface area contributed by atoms with E-state index < -0.39 is 28.6 Å². The van der Waals surface area contributed by atoms with E-state index in [1.54, 1.807) is 30.3 Å². The Balaban J connectivity index is 1.78. The van der Waals surface area contributed by atoms with Crippen molar-refractivity contribution >= 4 is 45.0 Å². The molecule has 6 nitrogen and oxygen atoms in total. The molecule has 9 heteroatoms. The highest BCUT2D eigenvalue weighted by atomic mass is 79.9. The molecule has 39 heavy (non-hydrogen) atoms. The second-order valence-corrected chi connectivity index (χ2v) is 12.4. The summed E-state index contributed by atoms with van der Waals surface area (Å²) in [5.41, 5.74) is 1.28. The van der Waals surface area contributed by atoms with Crippen LogP contribution in [0.4, 0.5) is 10.1 Å². The minimum absolute atomic E-state index is 0.00342. The highest BCUT2D eigenvalue weighted by Gasteiger charge is 2.61. The molecule has 2 amide bonds. The number of rotatable bonds is 6. The fraction of sp³-hybridized carbons (Fsp3) is 0.333. The van der Waals surface area contributed by atoms with Crippen LogP contribution in [-0.2, 0) is 15.0 Å². The fourth-order valence-corrected chi connectivity index (χ4v) is 6.24. The average molecular weight is 616 g/mol. The van der Waals surface area contributed by atoms with Crippen molar-refractivity contribution in [3.63, 3.8) is 0 Å². The van der Waals surface area contributed by atoms with Crippen LogP contribution in [0.5, 0.6) is 5.75 Å². The molecule has 2 aliphatic heterocycles. The molecule has 1 fully saturated rings. The minimum Gasteiger partial charge on any atom is -0.493 e. The Morgan fingerprint density at radius 2 is 1.90 bits per heavy atom. The summed E-state index contributed by atoms with van der Waals surface area (Å²) in [5, 5.41) is 16.3. The summed E-state index contributed by atoms with van der Waals surface area (Å²) in [6, 6.07) is 14.2. The summed E-state index contributed by atoms with van der Waals surface area (Å²) in [7, 11) is 0. The van der Waals surface area contributed by atoms with Gasteiger partial charge in [0.2, 0.25) is 11.8 Å². The van der Waals surface area contributed by atoms with Crippen molar-refractivity contribution in [2.75, 3.05) is 18.5 Å². The number of carbonyl (C=O) groups excluding carboxylic acids is 2. The summed E-state index contributed by atoms with van der Waals surface area (Å²) in [5.74, 6) is -1.22. The summed E-state index contributed by atoms with van der Waals surface area (Å²) in [4.78, 5) is 27.6. The number of aliphatic hydroxyl groups is 1. The number of fused-ring (bicyclic) bond motifs is 2. The highest BCUT2D eigenvalue weighted by molar-refractivity contribution is 9.10. The van der Waals surface area contributed by atoms with E-state index in [-0.39, 0.29) is 31.4 Å². The third kappa shape index (κ3) is 4.83. The van der Waals surface area contributed by atoms with Crippen LogP contribution in [0.1, 0.15) is 54.5 Å². The largest absolute Gasteiger partial charge is 0.493 e. The molecule has 1 spiro atoms. The Labute approximate surface area is 240 Å².